The van der Waals surface area contributed by atoms with Crippen LogP contribution < -0.4 is 10.6 Å². The highest BCUT2D eigenvalue weighted by Crippen LogP contribution is 2.67. The van der Waals surface area contributed by atoms with Gasteiger partial charge in [-0.3, -0.25) is 24.0 Å². The third-order valence-corrected chi connectivity index (χ3v) is 11.7. The van der Waals surface area contributed by atoms with Crippen molar-refractivity contribution in [3.8, 4) is 0 Å². The second kappa shape index (κ2) is 13.8. The lowest BCUT2D eigenvalue weighted by atomic mass is 9.45. The van der Waals surface area contributed by atoms with Gasteiger partial charge in [0.25, 0.3) is 0 Å². The summed E-state index contributed by atoms with van der Waals surface area (Å²) in [6, 6.07) is -2.70. The number of carbonyl (C=O) groups excluding carboxylic acids is 5. The molecular weight excluding hydrogens is 612 g/mol. The van der Waals surface area contributed by atoms with Crippen LogP contribution in [0.15, 0.2) is 11.6 Å². The van der Waals surface area contributed by atoms with Gasteiger partial charge in [-0.25, -0.2) is 4.79 Å². The maximum atomic E-state index is 13.5. The summed E-state index contributed by atoms with van der Waals surface area (Å²) in [7, 11) is 0. The predicted molar refractivity (Wildman–Crippen MR) is 166 cm³/mol. The number of aliphatic hydroxyl groups excluding tert-OH is 2. The second-order valence-corrected chi connectivity index (χ2v) is 14.9. The van der Waals surface area contributed by atoms with E-state index in [0.717, 1.165) is 18.4 Å². The summed E-state index contributed by atoms with van der Waals surface area (Å²) >= 11 is 0. The van der Waals surface area contributed by atoms with Crippen molar-refractivity contribution in [2.75, 3.05) is 6.61 Å². The van der Waals surface area contributed by atoms with Gasteiger partial charge in [-0.15, -0.1) is 0 Å². The molecule has 10 atom stereocenters. The molecule has 0 heterocycles. The smallest absolute Gasteiger partial charge is 0.328 e. The van der Waals surface area contributed by atoms with Gasteiger partial charge in [-0.2, -0.15) is 0 Å². The van der Waals surface area contributed by atoms with Gasteiger partial charge in [0.2, 0.25) is 17.6 Å². The van der Waals surface area contributed by atoms with Crippen molar-refractivity contribution in [3.05, 3.63) is 11.6 Å². The van der Waals surface area contributed by atoms with Crippen molar-refractivity contribution in [2.24, 2.45) is 34.5 Å². The normalized spacial score (nSPS) is 34.9. The first-order chi connectivity index (χ1) is 21.9. The van der Waals surface area contributed by atoms with Crippen LogP contribution in [-0.4, -0.2) is 92.2 Å². The highest BCUT2D eigenvalue weighted by Gasteiger charge is 2.68. The van der Waals surface area contributed by atoms with Crippen molar-refractivity contribution >= 4 is 35.3 Å². The van der Waals surface area contributed by atoms with E-state index in [4.69, 9.17) is 4.74 Å². The van der Waals surface area contributed by atoms with Gasteiger partial charge >= 0.3 is 11.9 Å². The van der Waals surface area contributed by atoms with E-state index < -0.39 is 83.8 Å². The molecule has 0 unspecified atom stereocenters. The van der Waals surface area contributed by atoms with Crippen LogP contribution in [0, 0.1) is 34.5 Å². The molecular formula is C34H50N2O11. The third kappa shape index (κ3) is 6.89. The van der Waals surface area contributed by atoms with E-state index in [0.29, 0.717) is 19.3 Å². The largest absolute Gasteiger partial charge is 0.480 e. The lowest BCUT2D eigenvalue weighted by Crippen LogP contribution is -2.62. The van der Waals surface area contributed by atoms with Crippen LogP contribution in [0.2, 0.25) is 0 Å². The van der Waals surface area contributed by atoms with Gasteiger partial charge in [0.1, 0.15) is 11.6 Å². The molecule has 0 aromatic rings. The summed E-state index contributed by atoms with van der Waals surface area (Å²) in [4.78, 5) is 74.7. The van der Waals surface area contributed by atoms with Gasteiger partial charge in [0, 0.05) is 18.3 Å². The van der Waals surface area contributed by atoms with Gasteiger partial charge in [-0.05, 0) is 80.6 Å². The van der Waals surface area contributed by atoms with Gasteiger partial charge < -0.3 is 35.8 Å². The number of amides is 2. The van der Waals surface area contributed by atoms with Crippen molar-refractivity contribution in [1.82, 2.24) is 10.6 Å². The Morgan fingerprint density at radius 3 is 2.30 bits per heavy atom. The first kappa shape index (κ1) is 36.7. The number of aliphatic hydroxyl groups is 3. The molecule has 4 aliphatic rings. The van der Waals surface area contributed by atoms with Crippen LogP contribution in [0.5, 0.6) is 0 Å². The Morgan fingerprint density at radius 2 is 1.68 bits per heavy atom. The first-order valence-electron chi connectivity index (χ1n) is 16.7. The molecule has 3 saturated carbocycles. The maximum Gasteiger partial charge on any atom is 0.328 e. The fourth-order valence-corrected chi connectivity index (χ4v) is 9.12. The van der Waals surface area contributed by atoms with Crippen LogP contribution in [0.3, 0.4) is 0 Å². The van der Waals surface area contributed by atoms with E-state index >= 15 is 0 Å². The molecule has 0 bridgehead atoms. The highest BCUT2D eigenvalue weighted by molar-refractivity contribution is 5.93. The maximum absolute atomic E-state index is 13.5. The number of Topliss-reactive ketones (excluding diaryl/α,β-unsaturated/α-hetero) is 1. The Bertz CT molecular complexity index is 1330. The van der Waals surface area contributed by atoms with Crippen molar-refractivity contribution in [3.63, 3.8) is 0 Å². The molecule has 6 N–H and O–H groups in total. The van der Waals surface area contributed by atoms with E-state index in [9.17, 15) is 49.2 Å². The molecule has 47 heavy (non-hydrogen) atoms. The standard InChI is InChI=1S/C34H50N2O11/c1-17(2)28(30(43)36-29(18(3)37)31(44)45)35-25(41)8-9-26(42)47-16-24(40)34(46)13-11-22-21-7-6-19-14-20(38)10-12-32(19,4)27(21)23(39)15-33(22,34)5/h14,17-18,21-23,27-29,37,39,46H,6-13,15-16H2,1-5H3,(H,35,41)(H,36,43)(H,44,45)/t18-,21+,22+,23+,27-,28+,29+,32+,33+,34+/m1/s1. The summed E-state index contributed by atoms with van der Waals surface area (Å²) < 4.78 is 5.19. The third-order valence-electron chi connectivity index (χ3n) is 11.7. The zero-order valence-electron chi connectivity index (χ0n) is 27.9. The van der Waals surface area contributed by atoms with Crippen molar-refractivity contribution in [2.45, 2.75) is 122 Å². The van der Waals surface area contributed by atoms with E-state index in [2.05, 4.69) is 17.6 Å². The number of carboxylic acids is 1. The number of aliphatic carboxylic acids is 1. The number of allylic oxidation sites excluding steroid dienone is 1. The number of ketones is 2. The summed E-state index contributed by atoms with van der Waals surface area (Å²) in [6.45, 7) is 7.75. The molecule has 0 aliphatic heterocycles. The Balaban J connectivity index is 1.32. The zero-order chi connectivity index (χ0) is 35.1. The van der Waals surface area contributed by atoms with E-state index in [1.165, 1.54) is 6.92 Å². The number of esters is 1. The fraction of sp³-hybridized carbons (Fsp3) is 0.765. The monoisotopic (exact) mass is 662 g/mol. The highest BCUT2D eigenvalue weighted by atomic mass is 16.5. The number of carboxylic acid groups (broad SMARTS) is 1. The van der Waals surface area contributed by atoms with Gasteiger partial charge in [0.05, 0.1) is 18.6 Å². The summed E-state index contributed by atoms with van der Waals surface area (Å²) in [5.41, 5.74) is -1.95. The number of hydrogen-bond donors (Lipinski definition) is 6. The number of fused-ring (bicyclic) bond motifs is 5. The van der Waals surface area contributed by atoms with E-state index in [1.807, 2.05) is 6.92 Å². The van der Waals surface area contributed by atoms with Crippen LogP contribution >= 0.6 is 0 Å². The number of ether oxygens (including phenoxy) is 1. The van der Waals surface area contributed by atoms with Crippen molar-refractivity contribution < 1.29 is 53.9 Å². The van der Waals surface area contributed by atoms with E-state index in [1.54, 1.807) is 19.9 Å². The second-order valence-electron chi connectivity index (χ2n) is 14.9. The first-order valence-corrected chi connectivity index (χ1v) is 16.7. The Hall–Kier alpha value is -3.16. The summed E-state index contributed by atoms with van der Waals surface area (Å²) in [5.74, 6) is -4.79. The van der Waals surface area contributed by atoms with Crippen LogP contribution in [-0.2, 0) is 33.5 Å². The number of hydrogen-bond acceptors (Lipinski definition) is 10. The molecule has 0 radical (unpaired) electrons. The van der Waals surface area contributed by atoms with Crippen LogP contribution in [0.4, 0.5) is 0 Å². The molecule has 0 aromatic carbocycles. The molecule has 3 fully saturated rings. The lowest BCUT2D eigenvalue weighted by Gasteiger charge is -2.60. The molecule has 2 amide bonds. The van der Waals surface area contributed by atoms with Crippen LogP contribution in [0.25, 0.3) is 0 Å². The molecule has 0 saturated heterocycles. The zero-order valence-corrected chi connectivity index (χ0v) is 27.9. The Labute approximate surface area is 274 Å². The number of carbonyl (C=O) groups is 6. The SMILES string of the molecule is CC(C)[C@H](NC(=O)CCC(=O)OCC(=O)[C@@]1(O)CC[C@H]2[C@@H]3CCC4=CC(=O)CC[C@]4(C)[C@H]3[C@@H](O)C[C@@]21C)C(=O)N[C@H](C(=O)O)[C@@H](C)O. The quantitative estimate of drug-likeness (QED) is 0.163. The van der Waals surface area contributed by atoms with Gasteiger partial charge in [-0.1, -0.05) is 33.3 Å². The molecule has 4 aliphatic carbocycles. The minimum Gasteiger partial charge on any atom is -0.480 e. The Morgan fingerprint density at radius 1 is 1.00 bits per heavy atom. The molecule has 13 nitrogen and oxygen atoms in total. The predicted octanol–water partition coefficient (Wildman–Crippen LogP) is 1.20. The van der Waals surface area contributed by atoms with Crippen molar-refractivity contribution in [1.29, 1.82) is 0 Å². The average molecular weight is 663 g/mol. The molecule has 4 rings (SSSR count). The molecule has 0 aromatic heterocycles. The number of nitrogens with one attached hydrogen (secondary N) is 2. The molecule has 0 spiro atoms. The topological polar surface area (TPSA) is 217 Å². The summed E-state index contributed by atoms with van der Waals surface area (Å²) in [6.07, 6.45) is 2.42. The lowest BCUT2D eigenvalue weighted by molar-refractivity contribution is -0.184. The minimum atomic E-state index is -1.81. The summed E-state index contributed by atoms with van der Waals surface area (Å²) in [5, 5.41) is 46.9. The average Bonchev–Trinajstić information content (AvgIpc) is 3.26. The molecule has 13 heteroatoms. The van der Waals surface area contributed by atoms with Crippen LogP contribution in [0.1, 0.15) is 92.4 Å². The molecule has 262 valence electrons. The van der Waals surface area contributed by atoms with Gasteiger partial charge in [0.15, 0.2) is 18.4 Å². The Kier molecular flexibility index (Phi) is 10.7. The van der Waals surface area contributed by atoms with E-state index in [-0.39, 0.29) is 48.2 Å². The fourth-order valence-electron chi connectivity index (χ4n) is 9.12. The number of rotatable bonds is 12. The minimum absolute atomic E-state index is 0.0299.